The van der Waals surface area contributed by atoms with Gasteiger partial charge in [-0.1, -0.05) is 89.5 Å². The molecule has 0 saturated carbocycles. The van der Waals surface area contributed by atoms with Crippen LogP contribution in [0, 0.1) is 0 Å². The van der Waals surface area contributed by atoms with Crippen LogP contribution in [0.1, 0.15) is 83.1 Å². The number of hydrogen-bond donors (Lipinski definition) is 1. The predicted octanol–water partition coefficient (Wildman–Crippen LogP) is 7.92. The molecule has 2 aromatic rings. The van der Waals surface area contributed by atoms with Gasteiger partial charge in [0, 0.05) is 11.4 Å². The fourth-order valence-electron chi connectivity index (χ4n) is 3.72. The highest BCUT2D eigenvalue weighted by Gasteiger charge is 2.14. The van der Waals surface area contributed by atoms with Gasteiger partial charge in [-0.25, -0.2) is 8.42 Å². The fraction of sp³-hybridized carbons (Fsp3) is 0.556. The number of benzene rings is 2. The molecule has 2 rings (SSSR count). The average Bonchev–Trinajstić information content (AvgIpc) is 2.82. The second-order valence-corrected chi connectivity index (χ2v) is 10.7. The maximum absolute atomic E-state index is 12.7. The first-order chi connectivity index (χ1) is 16.0. The van der Waals surface area contributed by atoms with Gasteiger partial charge in [0.05, 0.1) is 11.5 Å². The highest BCUT2D eigenvalue weighted by Crippen LogP contribution is 2.20. The molecule has 0 saturated heterocycles. The van der Waals surface area contributed by atoms with E-state index < -0.39 is 10.0 Å². The molecule has 4 nitrogen and oxygen atoms in total. The van der Waals surface area contributed by atoms with Gasteiger partial charge in [0.15, 0.2) is 0 Å². The van der Waals surface area contributed by atoms with Gasteiger partial charge in [-0.05, 0) is 61.2 Å². The molecule has 183 valence electrons. The van der Waals surface area contributed by atoms with Crippen LogP contribution in [0.2, 0.25) is 0 Å². The summed E-state index contributed by atoms with van der Waals surface area (Å²) in [4.78, 5) is 0.226. The van der Waals surface area contributed by atoms with Gasteiger partial charge in [0.1, 0.15) is 5.75 Å². The van der Waals surface area contributed by atoms with Crippen molar-refractivity contribution >= 4 is 28.3 Å². The second-order valence-electron chi connectivity index (χ2n) is 8.61. The Bertz CT molecular complexity index is 865. The Hall–Kier alpha value is -1.66. The Morgan fingerprint density at radius 1 is 0.758 bits per heavy atom. The lowest BCUT2D eigenvalue weighted by Crippen LogP contribution is -2.12. The summed E-state index contributed by atoms with van der Waals surface area (Å²) in [6.45, 7) is 2.92. The van der Waals surface area contributed by atoms with Gasteiger partial charge < -0.3 is 4.74 Å². The molecular weight excluding hydrogens is 450 g/mol. The third-order valence-corrected chi connectivity index (χ3v) is 7.40. The van der Waals surface area contributed by atoms with Crippen molar-refractivity contribution in [3.8, 4) is 5.75 Å². The first kappa shape index (κ1) is 27.6. The van der Waals surface area contributed by atoms with E-state index in [2.05, 4.69) is 11.6 Å². The maximum Gasteiger partial charge on any atom is 0.261 e. The molecule has 0 atom stereocenters. The zero-order valence-electron chi connectivity index (χ0n) is 20.1. The standard InChI is InChI=1S/C27H40NO3S2/c1-2-3-4-5-6-7-8-9-10-11-22-31-26-18-20-27(21-19-26)33(29,30)28-25-16-14-24(15-17-25)13-12-23-32/h14-21,28H,2-13,22-23H2,1H3. The Balaban J connectivity index is 1.67. The van der Waals surface area contributed by atoms with Gasteiger partial charge in [-0.2, -0.15) is 0 Å². The Kier molecular flexibility index (Phi) is 13.4. The number of nitrogens with one attached hydrogen (secondary N) is 1. The quantitative estimate of drug-likeness (QED) is 0.216. The van der Waals surface area contributed by atoms with Crippen molar-refractivity contribution in [1.29, 1.82) is 0 Å². The Morgan fingerprint density at radius 2 is 1.33 bits per heavy atom. The number of hydrogen-bond acceptors (Lipinski definition) is 3. The maximum atomic E-state index is 12.7. The van der Waals surface area contributed by atoms with E-state index >= 15 is 0 Å². The molecule has 0 aromatic heterocycles. The van der Waals surface area contributed by atoms with E-state index in [1.54, 1.807) is 36.4 Å². The molecule has 1 N–H and O–H groups in total. The molecule has 0 aliphatic rings. The SMILES string of the molecule is CCCCCCCCCCCCOc1ccc(S(=O)(=O)Nc2ccc(CCC[S])cc2)cc1. The molecule has 6 heteroatoms. The van der Waals surface area contributed by atoms with Crippen LogP contribution in [0.3, 0.4) is 0 Å². The van der Waals surface area contributed by atoms with Gasteiger partial charge in [-0.15, -0.1) is 0 Å². The van der Waals surface area contributed by atoms with Gasteiger partial charge >= 0.3 is 0 Å². The lowest BCUT2D eigenvalue weighted by atomic mass is 10.1. The van der Waals surface area contributed by atoms with Crippen molar-refractivity contribution < 1.29 is 13.2 Å². The number of aryl methyl sites for hydroxylation is 1. The zero-order chi connectivity index (χ0) is 23.8. The molecule has 1 radical (unpaired) electrons. The monoisotopic (exact) mass is 490 g/mol. The first-order valence-electron chi connectivity index (χ1n) is 12.5. The summed E-state index contributed by atoms with van der Waals surface area (Å²) in [7, 11) is -3.63. The summed E-state index contributed by atoms with van der Waals surface area (Å²) in [5.41, 5.74) is 1.71. The van der Waals surface area contributed by atoms with Crippen molar-refractivity contribution in [2.75, 3.05) is 17.1 Å². The molecule has 33 heavy (non-hydrogen) atoms. The van der Waals surface area contributed by atoms with Crippen LogP contribution >= 0.6 is 12.6 Å². The van der Waals surface area contributed by atoms with Crippen LogP contribution in [0.4, 0.5) is 5.69 Å². The number of anilines is 1. The molecule has 0 fully saturated rings. The summed E-state index contributed by atoms with van der Waals surface area (Å²) in [5.74, 6) is 1.43. The van der Waals surface area contributed by atoms with Crippen LogP contribution in [0.15, 0.2) is 53.4 Å². The normalized spacial score (nSPS) is 11.5. The minimum absolute atomic E-state index is 0.226. The molecule has 0 aliphatic heterocycles. The van der Waals surface area contributed by atoms with Gasteiger partial charge in [0.25, 0.3) is 10.0 Å². The molecule has 2 aromatic carbocycles. The summed E-state index contributed by atoms with van der Waals surface area (Å²) in [6.07, 6.45) is 14.8. The average molecular weight is 491 g/mol. The predicted molar refractivity (Wildman–Crippen MR) is 142 cm³/mol. The first-order valence-corrected chi connectivity index (χ1v) is 14.5. The smallest absolute Gasteiger partial charge is 0.261 e. The van der Waals surface area contributed by atoms with Crippen LogP contribution in [0.5, 0.6) is 5.75 Å². The fourth-order valence-corrected chi connectivity index (χ4v) is 4.93. The van der Waals surface area contributed by atoms with E-state index in [-0.39, 0.29) is 4.90 Å². The van der Waals surface area contributed by atoms with Gasteiger partial charge in [0.2, 0.25) is 0 Å². The number of sulfonamides is 1. The van der Waals surface area contributed by atoms with Crippen LogP contribution < -0.4 is 9.46 Å². The van der Waals surface area contributed by atoms with E-state index in [1.165, 1.54) is 57.8 Å². The minimum atomic E-state index is -3.63. The third-order valence-electron chi connectivity index (χ3n) is 5.72. The Morgan fingerprint density at radius 3 is 1.91 bits per heavy atom. The van der Waals surface area contributed by atoms with E-state index in [0.29, 0.717) is 18.0 Å². The van der Waals surface area contributed by atoms with Crippen LogP contribution in [-0.2, 0) is 16.4 Å². The van der Waals surface area contributed by atoms with Crippen molar-refractivity contribution in [2.45, 2.75) is 88.9 Å². The van der Waals surface area contributed by atoms with Crippen LogP contribution in [0.25, 0.3) is 0 Å². The van der Waals surface area contributed by atoms with Crippen molar-refractivity contribution in [3.63, 3.8) is 0 Å². The molecule has 0 aliphatic carbocycles. The highest BCUT2D eigenvalue weighted by molar-refractivity contribution is 7.92. The molecular formula is C27H40NO3S2. The van der Waals surface area contributed by atoms with Crippen molar-refractivity contribution in [2.24, 2.45) is 0 Å². The number of unbranched alkanes of at least 4 members (excludes halogenated alkanes) is 9. The van der Waals surface area contributed by atoms with Gasteiger partial charge in [-0.3, -0.25) is 4.72 Å². The summed E-state index contributed by atoms with van der Waals surface area (Å²) >= 11 is 4.97. The molecule has 0 spiro atoms. The van der Waals surface area contributed by atoms with Crippen LogP contribution in [-0.4, -0.2) is 20.8 Å². The summed E-state index contributed by atoms with van der Waals surface area (Å²) in [6, 6.07) is 14.1. The molecule has 0 unspecified atom stereocenters. The summed E-state index contributed by atoms with van der Waals surface area (Å²) < 4.78 is 33.8. The van der Waals surface area contributed by atoms with Crippen molar-refractivity contribution in [3.05, 3.63) is 54.1 Å². The number of rotatable bonds is 18. The van der Waals surface area contributed by atoms with E-state index in [1.807, 2.05) is 12.1 Å². The summed E-state index contributed by atoms with van der Waals surface area (Å²) in [5, 5.41) is 0. The molecule has 0 heterocycles. The molecule has 0 amide bonds. The minimum Gasteiger partial charge on any atom is -0.494 e. The lowest BCUT2D eigenvalue weighted by molar-refractivity contribution is 0.304. The van der Waals surface area contributed by atoms with E-state index in [0.717, 1.165) is 30.6 Å². The lowest BCUT2D eigenvalue weighted by Gasteiger charge is -2.10. The van der Waals surface area contributed by atoms with E-state index in [4.69, 9.17) is 17.4 Å². The Labute approximate surface area is 207 Å². The second kappa shape index (κ2) is 16.0. The third kappa shape index (κ3) is 11.3. The largest absolute Gasteiger partial charge is 0.494 e. The topological polar surface area (TPSA) is 55.4 Å². The van der Waals surface area contributed by atoms with Crippen molar-refractivity contribution in [1.82, 2.24) is 0 Å². The highest BCUT2D eigenvalue weighted by atomic mass is 32.2. The molecule has 0 bridgehead atoms. The number of ether oxygens (including phenoxy) is 1. The zero-order valence-corrected chi connectivity index (χ0v) is 21.7. The van der Waals surface area contributed by atoms with E-state index in [9.17, 15) is 8.42 Å².